The van der Waals surface area contributed by atoms with Crippen molar-refractivity contribution >= 4 is 11.9 Å². The molecule has 2 aromatic rings. The molecule has 0 aliphatic carbocycles. The van der Waals surface area contributed by atoms with Gasteiger partial charge in [-0.15, -0.1) is 0 Å². The maximum atomic E-state index is 12.5. The van der Waals surface area contributed by atoms with E-state index >= 15 is 0 Å². The van der Waals surface area contributed by atoms with Crippen molar-refractivity contribution in [3.8, 4) is 0 Å². The number of hydrogen-bond acceptors (Lipinski definition) is 8. The van der Waals surface area contributed by atoms with Crippen molar-refractivity contribution in [2.45, 2.75) is 99.1 Å². The van der Waals surface area contributed by atoms with Gasteiger partial charge in [0.2, 0.25) is 0 Å². The summed E-state index contributed by atoms with van der Waals surface area (Å²) in [5.41, 5.74) is 3.82. The Bertz CT molecular complexity index is 1430. The number of carbonyl (C=O) groups is 2. The van der Waals surface area contributed by atoms with Crippen LogP contribution < -0.4 is 30.0 Å². The third-order valence-corrected chi connectivity index (χ3v) is 8.99. The van der Waals surface area contributed by atoms with Crippen LogP contribution in [0.25, 0.3) is 0 Å². The van der Waals surface area contributed by atoms with Crippen molar-refractivity contribution < 1.29 is 43.8 Å². The molecule has 264 valence electrons. The van der Waals surface area contributed by atoms with E-state index in [-0.39, 0.29) is 47.3 Å². The number of carboxylic acid groups (broad SMARTS) is 1. The van der Waals surface area contributed by atoms with E-state index < -0.39 is 18.1 Å². The fourth-order valence-electron chi connectivity index (χ4n) is 5.94. The van der Waals surface area contributed by atoms with E-state index in [1.807, 2.05) is 33.9 Å². The number of hydrogen-bond donors (Lipinski definition) is 1. The van der Waals surface area contributed by atoms with E-state index in [0.717, 1.165) is 74.4 Å². The molecule has 4 rings (SSSR count). The van der Waals surface area contributed by atoms with Crippen LogP contribution in [0.3, 0.4) is 0 Å². The van der Waals surface area contributed by atoms with Gasteiger partial charge in [0.25, 0.3) is 11.1 Å². The van der Waals surface area contributed by atoms with Crippen molar-refractivity contribution in [2.24, 2.45) is 11.8 Å². The van der Waals surface area contributed by atoms with Gasteiger partial charge in [-0.3, -0.25) is 9.59 Å². The van der Waals surface area contributed by atoms with Crippen LogP contribution in [0.4, 0.5) is 0 Å². The molecule has 2 fully saturated rings. The molecular formula is C36H57LiN4O7. The summed E-state index contributed by atoms with van der Waals surface area (Å²) in [4.78, 5) is 53.4. The number of nitrogens with zero attached hydrogens (tertiary/aromatic N) is 4. The standard InChI is InChI=1S/C19H30N2O3.C17H26N2O3.Li.H2O/c1-5-24-19(23)17(11-14(2)3)21-13-16(15(4)12-18(21)22)7-10-20-8-6-9-20;1-12(2)9-15(17(21)22)19-11-14(13(3)10-16(19)20)5-8-18-6-4-7-18;;/h12-14,17H,5-11H2,1-4H3;10-12,15H,4-9H2,1-3H3,(H,21,22);;1H2/q;;+1;/p-1. The van der Waals surface area contributed by atoms with Crippen molar-refractivity contribution in [2.75, 3.05) is 45.9 Å². The molecule has 0 saturated carbocycles. The molecule has 12 heteroatoms. The molecule has 2 unspecified atom stereocenters. The maximum Gasteiger partial charge on any atom is 1.00 e. The molecule has 48 heavy (non-hydrogen) atoms. The third-order valence-electron chi connectivity index (χ3n) is 8.99. The average molecular weight is 665 g/mol. The van der Waals surface area contributed by atoms with E-state index in [2.05, 4.69) is 23.6 Å². The number of aryl methyl sites for hydroxylation is 2. The number of carboxylic acids is 1. The summed E-state index contributed by atoms with van der Waals surface area (Å²) in [6, 6.07) is 1.90. The minimum Gasteiger partial charge on any atom is -0.870 e. The Morgan fingerprint density at radius 2 is 1.17 bits per heavy atom. The molecule has 2 atom stereocenters. The Morgan fingerprint density at radius 3 is 1.50 bits per heavy atom. The quantitative estimate of drug-likeness (QED) is 0.221. The second-order valence-corrected chi connectivity index (χ2v) is 13.7. The first kappa shape index (κ1) is 43.3. The van der Waals surface area contributed by atoms with Crippen molar-refractivity contribution in [3.63, 3.8) is 0 Å². The summed E-state index contributed by atoms with van der Waals surface area (Å²) in [6.45, 7) is 20.7. The third kappa shape index (κ3) is 12.6. The smallest absolute Gasteiger partial charge is 0.870 e. The van der Waals surface area contributed by atoms with Gasteiger partial charge in [0.15, 0.2) is 0 Å². The van der Waals surface area contributed by atoms with Crippen LogP contribution in [-0.2, 0) is 27.2 Å². The molecule has 2 N–H and O–H groups in total. The fourth-order valence-corrected chi connectivity index (χ4v) is 5.94. The van der Waals surface area contributed by atoms with E-state index in [1.54, 1.807) is 29.8 Å². The number of aliphatic carboxylic acids is 1. The number of rotatable bonds is 15. The largest absolute Gasteiger partial charge is 1.00 e. The van der Waals surface area contributed by atoms with Crippen molar-refractivity contribution in [3.05, 3.63) is 67.5 Å². The van der Waals surface area contributed by atoms with Crippen LogP contribution in [0, 0.1) is 25.7 Å². The molecule has 0 bridgehead atoms. The molecule has 2 saturated heterocycles. The Labute approximate surface area is 298 Å². The van der Waals surface area contributed by atoms with E-state index in [0.29, 0.717) is 25.4 Å². The van der Waals surface area contributed by atoms with Crippen LogP contribution in [0.5, 0.6) is 0 Å². The SMILES string of the molecule is CCOC(=O)C(CC(C)C)n1cc(CCN2CCC2)c(C)cc1=O.Cc1cc(=O)n(C(CC(C)C)C(=O)O)cc1CCN1CCC1.[Li+].[OH-]. The van der Waals surface area contributed by atoms with Crippen molar-refractivity contribution in [1.29, 1.82) is 0 Å². The molecule has 11 nitrogen and oxygen atoms in total. The average Bonchev–Trinajstić information content (AvgIpc) is 2.91. The number of esters is 1. The zero-order valence-electron chi connectivity index (χ0n) is 30.5. The zero-order valence-corrected chi connectivity index (χ0v) is 30.5. The molecular weight excluding hydrogens is 607 g/mol. The summed E-state index contributed by atoms with van der Waals surface area (Å²) in [5.74, 6) is -0.727. The molecule has 0 aromatic carbocycles. The second kappa shape index (κ2) is 20.7. The maximum absolute atomic E-state index is 12.5. The van der Waals surface area contributed by atoms with Crippen LogP contribution in [0.2, 0.25) is 0 Å². The molecule has 2 aromatic heterocycles. The van der Waals surface area contributed by atoms with E-state index in [4.69, 9.17) is 4.74 Å². The van der Waals surface area contributed by atoms with Crippen molar-refractivity contribution in [1.82, 2.24) is 18.9 Å². The predicted molar refractivity (Wildman–Crippen MR) is 184 cm³/mol. The first-order chi connectivity index (χ1) is 21.8. The topological polar surface area (TPSA) is 144 Å². The van der Waals surface area contributed by atoms with Gasteiger partial charge in [-0.1, -0.05) is 27.7 Å². The van der Waals surface area contributed by atoms with Gasteiger partial charge in [-0.25, -0.2) is 9.59 Å². The summed E-state index contributed by atoms with van der Waals surface area (Å²) in [7, 11) is 0. The molecule has 0 radical (unpaired) electrons. The van der Waals surface area contributed by atoms with Crippen LogP contribution in [-0.4, -0.2) is 87.3 Å². The van der Waals surface area contributed by atoms with Gasteiger partial charge >= 0.3 is 30.8 Å². The van der Waals surface area contributed by atoms with Crippen LogP contribution in [0.1, 0.15) is 94.6 Å². The second-order valence-electron chi connectivity index (χ2n) is 13.7. The Hall–Kier alpha value is -2.68. The first-order valence-electron chi connectivity index (χ1n) is 17.1. The molecule has 2 aliphatic heterocycles. The van der Waals surface area contributed by atoms with Gasteiger partial charge in [-0.2, -0.15) is 0 Å². The first-order valence-corrected chi connectivity index (χ1v) is 17.1. The Balaban J connectivity index is 0.000000462. The summed E-state index contributed by atoms with van der Waals surface area (Å²) < 4.78 is 8.19. The van der Waals surface area contributed by atoms with Gasteiger partial charge in [0.1, 0.15) is 12.1 Å². The molecule has 0 spiro atoms. The normalized spacial score (nSPS) is 15.6. The predicted octanol–water partition coefficient (Wildman–Crippen LogP) is 1.46. The minimum absolute atomic E-state index is 0. The monoisotopic (exact) mass is 664 g/mol. The van der Waals surface area contributed by atoms with Gasteiger partial charge in [-0.05, 0) is 120 Å². The molecule has 2 aliphatic rings. The minimum atomic E-state index is -0.937. The van der Waals surface area contributed by atoms with Crippen LogP contribution >= 0.6 is 0 Å². The Morgan fingerprint density at radius 1 is 0.771 bits per heavy atom. The van der Waals surface area contributed by atoms with Gasteiger partial charge in [0, 0.05) is 37.6 Å². The summed E-state index contributed by atoms with van der Waals surface area (Å²) in [5, 5.41) is 9.46. The fraction of sp³-hybridized carbons (Fsp3) is 0.667. The van der Waals surface area contributed by atoms with Crippen LogP contribution in [0.15, 0.2) is 34.1 Å². The van der Waals surface area contributed by atoms with E-state index in [9.17, 15) is 24.3 Å². The summed E-state index contributed by atoms with van der Waals surface area (Å²) >= 11 is 0. The number of likely N-dealkylation sites (tertiary alicyclic amines) is 2. The number of carbonyl (C=O) groups excluding carboxylic acids is 1. The van der Waals surface area contributed by atoms with Gasteiger partial charge < -0.3 is 34.3 Å². The Kier molecular flexibility index (Phi) is 18.7. The van der Waals surface area contributed by atoms with E-state index in [1.165, 1.54) is 17.4 Å². The molecule has 4 heterocycles. The molecule has 0 amide bonds. The number of pyridine rings is 2. The zero-order chi connectivity index (χ0) is 34.0. The number of aromatic nitrogens is 2. The van der Waals surface area contributed by atoms with Gasteiger partial charge in [0.05, 0.1) is 6.61 Å². The number of ether oxygens (including phenoxy) is 1. The summed E-state index contributed by atoms with van der Waals surface area (Å²) in [6.07, 6.45) is 9.01.